The monoisotopic (exact) mass is 226 g/mol. The van der Waals surface area contributed by atoms with Crippen LogP contribution in [0.4, 0.5) is 0 Å². The second-order valence-corrected chi connectivity index (χ2v) is 5.51. The first-order valence-electron chi connectivity index (χ1n) is 6.81. The van der Waals surface area contributed by atoms with E-state index < -0.39 is 0 Å². The Morgan fingerprint density at radius 1 is 1.19 bits per heavy atom. The van der Waals surface area contributed by atoms with E-state index >= 15 is 0 Å². The zero-order valence-electron chi connectivity index (χ0n) is 10.6. The Morgan fingerprint density at radius 3 is 2.75 bits per heavy atom. The van der Waals surface area contributed by atoms with Crippen molar-refractivity contribution >= 4 is 0 Å². The Bertz CT molecular complexity index is 192. The average molecular weight is 226 g/mol. The number of nitrogens with zero attached hydrogens (tertiary/aromatic N) is 1. The van der Waals surface area contributed by atoms with Gasteiger partial charge in [-0.2, -0.15) is 0 Å². The number of likely N-dealkylation sites (tertiary alicyclic amines) is 1. The van der Waals surface area contributed by atoms with Gasteiger partial charge in [0.05, 0.1) is 6.61 Å². The summed E-state index contributed by atoms with van der Waals surface area (Å²) in [6.07, 6.45) is 5.37. The topological polar surface area (TPSA) is 24.5 Å². The first-order chi connectivity index (χ1) is 7.84. The summed E-state index contributed by atoms with van der Waals surface area (Å²) >= 11 is 0. The lowest BCUT2D eigenvalue weighted by Crippen LogP contribution is -2.39. The molecule has 0 aliphatic carbocycles. The fourth-order valence-corrected chi connectivity index (χ4v) is 2.90. The number of nitrogens with one attached hydrogen (secondary N) is 1. The van der Waals surface area contributed by atoms with Crippen LogP contribution < -0.4 is 5.32 Å². The highest BCUT2D eigenvalue weighted by Gasteiger charge is 2.18. The van der Waals surface area contributed by atoms with Crippen LogP contribution in [0.15, 0.2) is 0 Å². The van der Waals surface area contributed by atoms with Crippen LogP contribution in [0, 0.1) is 11.8 Å². The second-order valence-electron chi connectivity index (χ2n) is 5.51. The van der Waals surface area contributed by atoms with Crippen LogP contribution in [0.1, 0.15) is 25.7 Å². The first-order valence-corrected chi connectivity index (χ1v) is 6.81. The highest BCUT2D eigenvalue weighted by Crippen LogP contribution is 2.15. The summed E-state index contributed by atoms with van der Waals surface area (Å²) in [6.45, 7) is 6.85. The molecule has 2 aliphatic heterocycles. The lowest BCUT2D eigenvalue weighted by atomic mass is 9.97. The van der Waals surface area contributed by atoms with Gasteiger partial charge in [-0.1, -0.05) is 0 Å². The van der Waals surface area contributed by atoms with Gasteiger partial charge >= 0.3 is 0 Å². The SMILES string of the molecule is CN1CCCC(CNCC2CCCOC2)C1. The summed E-state index contributed by atoms with van der Waals surface area (Å²) in [5.74, 6) is 1.62. The van der Waals surface area contributed by atoms with E-state index in [9.17, 15) is 0 Å². The van der Waals surface area contributed by atoms with Gasteiger partial charge in [-0.3, -0.25) is 0 Å². The predicted octanol–water partition coefficient (Wildman–Crippen LogP) is 1.34. The van der Waals surface area contributed by atoms with E-state index in [0.29, 0.717) is 0 Å². The van der Waals surface area contributed by atoms with E-state index in [1.807, 2.05) is 0 Å². The van der Waals surface area contributed by atoms with E-state index in [2.05, 4.69) is 17.3 Å². The molecule has 0 saturated carbocycles. The molecule has 2 heterocycles. The Kier molecular flexibility index (Phi) is 5.07. The number of piperidine rings is 1. The normalized spacial score (nSPS) is 32.8. The zero-order valence-corrected chi connectivity index (χ0v) is 10.6. The molecule has 2 rings (SSSR count). The van der Waals surface area contributed by atoms with Gasteiger partial charge in [0.1, 0.15) is 0 Å². The van der Waals surface area contributed by atoms with Crippen LogP contribution in [0.2, 0.25) is 0 Å². The minimum Gasteiger partial charge on any atom is -0.381 e. The maximum absolute atomic E-state index is 5.49. The number of rotatable bonds is 4. The second kappa shape index (κ2) is 6.58. The Balaban J connectivity index is 1.56. The van der Waals surface area contributed by atoms with E-state index in [1.165, 1.54) is 45.3 Å². The molecule has 2 unspecified atom stereocenters. The molecule has 2 aliphatic rings. The van der Waals surface area contributed by atoms with Gasteiger partial charge in [0, 0.05) is 19.7 Å². The molecule has 3 heteroatoms. The molecule has 2 atom stereocenters. The van der Waals surface area contributed by atoms with E-state index in [4.69, 9.17) is 4.74 Å². The molecule has 16 heavy (non-hydrogen) atoms. The van der Waals surface area contributed by atoms with Crippen molar-refractivity contribution < 1.29 is 4.74 Å². The van der Waals surface area contributed by atoms with Crippen molar-refractivity contribution in [3.8, 4) is 0 Å². The lowest BCUT2D eigenvalue weighted by Gasteiger charge is -2.30. The number of ether oxygens (including phenoxy) is 1. The summed E-state index contributed by atoms with van der Waals surface area (Å²) < 4.78 is 5.49. The molecule has 94 valence electrons. The molecule has 0 amide bonds. The molecule has 0 aromatic carbocycles. The molecule has 0 radical (unpaired) electrons. The van der Waals surface area contributed by atoms with Crippen LogP contribution in [0.5, 0.6) is 0 Å². The predicted molar refractivity (Wildman–Crippen MR) is 66.6 cm³/mol. The maximum Gasteiger partial charge on any atom is 0.0506 e. The largest absolute Gasteiger partial charge is 0.381 e. The van der Waals surface area contributed by atoms with Gasteiger partial charge in [-0.25, -0.2) is 0 Å². The standard InChI is InChI=1S/C13H26N2O/c1-15-6-2-4-12(10-15)8-14-9-13-5-3-7-16-11-13/h12-14H,2-11H2,1H3. The Morgan fingerprint density at radius 2 is 2.00 bits per heavy atom. The molecule has 2 fully saturated rings. The minimum absolute atomic E-state index is 0.759. The molecule has 3 nitrogen and oxygen atoms in total. The molecule has 2 saturated heterocycles. The van der Waals surface area contributed by atoms with Gasteiger partial charge in [-0.05, 0) is 57.7 Å². The van der Waals surface area contributed by atoms with Crippen LogP contribution in [-0.4, -0.2) is 51.3 Å². The Hall–Kier alpha value is -0.120. The van der Waals surface area contributed by atoms with Gasteiger partial charge < -0.3 is 15.0 Å². The quantitative estimate of drug-likeness (QED) is 0.783. The van der Waals surface area contributed by atoms with Gasteiger partial charge in [0.15, 0.2) is 0 Å². The third kappa shape index (κ3) is 4.04. The summed E-state index contributed by atoms with van der Waals surface area (Å²) in [6, 6.07) is 0. The van der Waals surface area contributed by atoms with Crippen molar-refractivity contribution in [3.63, 3.8) is 0 Å². The van der Waals surface area contributed by atoms with Gasteiger partial charge in [0.2, 0.25) is 0 Å². The van der Waals surface area contributed by atoms with Gasteiger partial charge in [-0.15, -0.1) is 0 Å². The van der Waals surface area contributed by atoms with Crippen LogP contribution in [0.3, 0.4) is 0 Å². The van der Waals surface area contributed by atoms with Crippen molar-refractivity contribution in [1.29, 1.82) is 0 Å². The van der Waals surface area contributed by atoms with Gasteiger partial charge in [0.25, 0.3) is 0 Å². The van der Waals surface area contributed by atoms with Crippen LogP contribution in [0.25, 0.3) is 0 Å². The summed E-state index contributed by atoms with van der Waals surface area (Å²) in [5, 5.41) is 3.64. The van der Waals surface area contributed by atoms with Crippen molar-refractivity contribution in [2.75, 3.05) is 46.4 Å². The fourth-order valence-electron chi connectivity index (χ4n) is 2.90. The molecule has 0 spiro atoms. The molecule has 0 aromatic heterocycles. The first kappa shape index (κ1) is 12.3. The lowest BCUT2D eigenvalue weighted by molar-refractivity contribution is 0.0541. The van der Waals surface area contributed by atoms with Crippen LogP contribution >= 0.6 is 0 Å². The summed E-state index contributed by atoms with van der Waals surface area (Å²) in [4.78, 5) is 2.46. The molecule has 0 bridgehead atoms. The summed E-state index contributed by atoms with van der Waals surface area (Å²) in [7, 11) is 2.24. The van der Waals surface area contributed by atoms with Crippen molar-refractivity contribution in [1.82, 2.24) is 10.2 Å². The third-order valence-corrected chi connectivity index (χ3v) is 3.84. The average Bonchev–Trinajstić information content (AvgIpc) is 2.30. The van der Waals surface area contributed by atoms with Crippen LogP contribution in [-0.2, 0) is 4.74 Å². The highest BCUT2D eigenvalue weighted by molar-refractivity contribution is 4.74. The molecular formula is C13H26N2O. The molecular weight excluding hydrogens is 200 g/mol. The minimum atomic E-state index is 0.759. The maximum atomic E-state index is 5.49. The number of hydrogen-bond donors (Lipinski definition) is 1. The van der Waals surface area contributed by atoms with E-state index in [1.54, 1.807) is 0 Å². The summed E-state index contributed by atoms with van der Waals surface area (Å²) in [5.41, 5.74) is 0. The van der Waals surface area contributed by atoms with E-state index in [0.717, 1.165) is 31.6 Å². The Labute approximate surface area is 99.5 Å². The van der Waals surface area contributed by atoms with Crippen molar-refractivity contribution in [3.05, 3.63) is 0 Å². The van der Waals surface area contributed by atoms with Crippen molar-refractivity contribution in [2.24, 2.45) is 11.8 Å². The van der Waals surface area contributed by atoms with Crippen molar-refractivity contribution in [2.45, 2.75) is 25.7 Å². The highest BCUT2D eigenvalue weighted by atomic mass is 16.5. The smallest absolute Gasteiger partial charge is 0.0506 e. The van der Waals surface area contributed by atoms with E-state index in [-0.39, 0.29) is 0 Å². The molecule has 0 aromatic rings. The molecule has 1 N–H and O–H groups in total. The fraction of sp³-hybridized carbons (Fsp3) is 1.00. The zero-order chi connectivity index (χ0) is 11.2. The number of hydrogen-bond acceptors (Lipinski definition) is 3. The third-order valence-electron chi connectivity index (χ3n) is 3.84.